The van der Waals surface area contributed by atoms with Gasteiger partial charge in [0.05, 0.1) is 24.2 Å². The lowest BCUT2D eigenvalue weighted by molar-refractivity contribution is 0.0358. The summed E-state index contributed by atoms with van der Waals surface area (Å²) in [4.78, 5) is 0. The van der Waals surface area contributed by atoms with Crippen molar-refractivity contribution < 1.29 is 9.84 Å². The largest absolute Gasteiger partial charge is 0.494 e. The van der Waals surface area contributed by atoms with E-state index in [0.29, 0.717) is 6.61 Å². The molecule has 1 unspecified atom stereocenters. The van der Waals surface area contributed by atoms with E-state index >= 15 is 0 Å². The van der Waals surface area contributed by atoms with Gasteiger partial charge >= 0.3 is 0 Å². The Morgan fingerprint density at radius 3 is 2.74 bits per heavy atom. The van der Waals surface area contributed by atoms with Crippen molar-refractivity contribution in [1.82, 2.24) is 0 Å². The first-order valence-corrected chi connectivity index (χ1v) is 7.04. The molecule has 0 amide bonds. The summed E-state index contributed by atoms with van der Waals surface area (Å²) in [5, 5.41) is 20.1. The molecule has 0 aliphatic heterocycles. The summed E-state index contributed by atoms with van der Waals surface area (Å²) >= 11 is 0. The average molecular weight is 259 g/mol. The summed E-state index contributed by atoms with van der Waals surface area (Å²) < 4.78 is 5.46. The summed E-state index contributed by atoms with van der Waals surface area (Å²) in [5.74, 6) is 0.753. The number of nitriles is 1. The van der Waals surface area contributed by atoms with Crippen LogP contribution in [0.4, 0.5) is 0 Å². The lowest BCUT2D eigenvalue weighted by atomic mass is 9.69. The topological polar surface area (TPSA) is 53.2 Å². The van der Waals surface area contributed by atoms with Crippen molar-refractivity contribution in [3.8, 4) is 11.8 Å². The van der Waals surface area contributed by atoms with Crippen LogP contribution in [0.1, 0.15) is 50.7 Å². The summed E-state index contributed by atoms with van der Waals surface area (Å²) in [6.07, 6.45) is 4.05. The van der Waals surface area contributed by atoms with Crippen LogP contribution in [0.5, 0.6) is 5.75 Å². The van der Waals surface area contributed by atoms with Crippen molar-refractivity contribution in [2.45, 2.75) is 45.1 Å². The van der Waals surface area contributed by atoms with E-state index in [2.05, 4.69) is 6.07 Å². The molecule has 1 fully saturated rings. The molecule has 1 aliphatic rings. The first-order valence-electron chi connectivity index (χ1n) is 7.04. The third kappa shape index (κ3) is 2.90. The van der Waals surface area contributed by atoms with Gasteiger partial charge in [-0.1, -0.05) is 31.4 Å². The van der Waals surface area contributed by atoms with E-state index in [0.717, 1.165) is 43.4 Å². The molecule has 0 heterocycles. The van der Waals surface area contributed by atoms with E-state index in [1.165, 1.54) is 0 Å². The quantitative estimate of drug-likeness (QED) is 0.899. The molecule has 3 nitrogen and oxygen atoms in total. The summed E-state index contributed by atoms with van der Waals surface area (Å²) in [6.45, 7) is 2.53. The highest BCUT2D eigenvalue weighted by atomic mass is 16.5. The maximum atomic E-state index is 10.6. The van der Waals surface area contributed by atoms with E-state index < -0.39 is 11.5 Å². The highest BCUT2D eigenvalue weighted by Gasteiger charge is 2.40. The Kier molecular flexibility index (Phi) is 4.44. The number of ether oxygens (including phenoxy) is 1. The molecule has 102 valence electrons. The van der Waals surface area contributed by atoms with Crippen LogP contribution in [0.3, 0.4) is 0 Å². The van der Waals surface area contributed by atoms with Crippen molar-refractivity contribution in [2.24, 2.45) is 5.41 Å². The Balaban J connectivity index is 2.24. The van der Waals surface area contributed by atoms with Crippen LogP contribution in [-0.2, 0) is 0 Å². The summed E-state index contributed by atoms with van der Waals surface area (Å²) in [6, 6.07) is 9.85. The van der Waals surface area contributed by atoms with Gasteiger partial charge in [-0.25, -0.2) is 0 Å². The van der Waals surface area contributed by atoms with Crippen molar-refractivity contribution >= 4 is 0 Å². The van der Waals surface area contributed by atoms with Crippen LogP contribution in [-0.4, -0.2) is 11.7 Å². The predicted octanol–water partition coefficient (Wildman–Crippen LogP) is 3.59. The average Bonchev–Trinajstić information content (AvgIpc) is 2.48. The number of nitrogens with zero attached hydrogens (tertiary/aromatic N) is 1. The molecule has 0 spiro atoms. The fraction of sp³-hybridized carbons (Fsp3) is 0.562. The van der Waals surface area contributed by atoms with E-state index in [4.69, 9.17) is 4.74 Å². The molecule has 2 rings (SSSR count). The minimum atomic E-state index is -0.724. The van der Waals surface area contributed by atoms with Crippen molar-refractivity contribution in [2.75, 3.05) is 6.61 Å². The van der Waals surface area contributed by atoms with Crippen LogP contribution >= 0.6 is 0 Å². The Hall–Kier alpha value is -1.53. The zero-order valence-electron chi connectivity index (χ0n) is 11.4. The molecule has 1 aromatic carbocycles. The van der Waals surface area contributed by atoms with E-state index in [9.17, 15) is 10.4 Å². The van der Waals surface area contributed by atoms with E-state index in [1.807, 2.05) is 31.2 Å². The SMILES string of the molecule is CCOc1cccc(C(O)C2(C#N)CCCCC2)c1. The monoisotopic (exact) mass is 259 g/mol. The lowest BCUT2D eigenvalue weighted by Crippen LogP contribution is -2.30. The fourth-order valence-electron chi connectivity index (χ4n) is 2.89. The number of hydrogen-bond donors (Lipinski definition) is 1. The standard InChI is InChI=1S/C16H21NO2/c1-2-19-14-8-6-7-13(11-14)15(18)16(12-17)9-4-3-5-10-16/h6-8,11,15,18H,2-5,9-10H2,1H3. The number of rotatable bonds is 4. The molecule has 19 heavy (non-hydrogen) atoms. The van der Waals surface area contributed by atoms with Gasteiger partial charge in [-0.15, -0.1) is 0 Å². The molecule has 1 aromatic rings. The normalized spacial score (nSPS) is 19.4. The van der Waals surface area contributed by atoms with Gasteiger partial charge in [-0.05, 0) is 37.5 Å². The van der Waals surface area contributed by atoms with E-state index in [-0.39, 0.29) is 0 Å². The second kappa shape index (κ2) is 6.08. The van der Waals surface area contributed by atoms with Gasteiger partial charge in [0.1, 0.15) is 5.75 Å². The van der Waals surface area contributed by atoms with Crippen LogP contribution in [0.25, 0.3) is 0 Å². The second-order valence-electron chi connectivity index (χ2n) is 5.24. The van der Waals surface area contributed by atoms with Gasteiger partial charge in [-0.2, -0.15) is 5.26 Å². The van der Waals surface area contributed by atoms with Crippen molar-refractivity contribution in [3.63, 3.8) is 0 Å². The number of aliphatic hydroxyl groups excluding tert-OH is 1. The van der Waals surface area contributed by atoms with Crippen LogP contribution in [0.2, 0.25) is 0 Å². The highest BCUT2D eigenvalue weighted by Crippen LogP contribution is 2.45. The molecule has 1 N–H and O–H groups in total. The van der Waals surface area contributed by atoms with Crippen LogP contribution in [0, 0.1) is 16.7 Å². The number of benzene rings is 1. The molecule has 1 aliphatic carbocycles. The Labute approximate surface area is 114 Å². The van der Waals surface area contributed by atoms with Gasteiger partial charge in [-0.3, -0.25) is 0 Å². The number of aliphatic hydroxyl groups is 1. The molecule has 0 saturated heterocycles. The molecular formula is C16H21NO2. The fourth-order valence-corrected chi connectivity index (χ4v) is 2.89. The van der Waals surface area contributed by atoms with Gasteiger partial charge in [0.25, 0.3) is 0 Å². The molecule has 0 bridgehead atoms. The van der Waals surface area contributed by atoms with Gasteiger partial charge in [0, 0.05) is 0 Å². The maximum Gasteiger partial charge on any atom is 0.119 e. The highest BCUT2D eigenvalue weighted by molar-refractivity contribution is 5.32. The van der Waals surface area contributed by atoms with Gasteiger partial charge < -0.3 is 9.84 Å². The molecule has 0 aromatic heterocycles. The van der Waals surface area contributed by atoms with E-state index in [1.54, 1.807) is 0 Å². The van der Waals surface area contributed by atoms with Gasteiger partial charge in [0.2, 0.25) is 0 Å². The molecule has 1 atom stereocenters. The predicted molar refractivity (Wildman–Crippen MR) is 73.7 cm³/mol. The summed E-state index contributed by atoms with van der Waals surface area (Å²) in [7, 11) is 0. The zero-order valence-corrected chi connectivity index (χ0v) is 11.4. The smallest absolute Gasteiger partial charge is 0.119 e. The minimum absolute atomic E-state index is 0.600. The van der Waals surface area contributed by atoms with Gasteiger partial charge in [0.15, 0.2) is 0 Å². The summed E-state index contributed by atoms with van der Waals surface area (Å²) in [5.41, 5.74) is 0.165. The Morgan fingerprint density at radius 1 is 1.37 bits per heavy atom. The minimum Gasteiger partial charge on any atom is -0.494 e. The van der Waals surface area contributed by atoms with Crippen molar-refractivity contribution in [1.29, 1.82) is 5.26 Å². The first-order chi connectivity index (χ1) is 9.22. The molecule has 0 radical (unpaired) electrons. The van der Waals surface area contributed by atoms with Crippen LogP contribution in [0.15, 0.2) is 24.3 Å². The first kappa shape index (κ1) is 13.9. The molecule has 3 heteroatoms. The third-order valence-corrected chi connectivity index (χ3v) is 3.98. The third-order valence-electron chi connectivity index (χ3n) is 3.98. The van der Waals surface area contributed by atoms with Crippen molar-refractivity contribution in [3.05, 3.63) is 29.8 Å². The second-order valence-corrected chi connectivity index (χ2v) is 5.24. The molecule has 1 saturated carbocycles. The Bertz CT molecular complexity index is 458. The Morgan fingerprint density at radius 2 is 2.11 bits per heavy atom. The number of hydrogen-bond acceptors (Lipinski definition) is 3. The molecular weight excluding hydrogens is 238 g/mol. The van der Waals surface area contributed by atoms with Crippen LogP contribution < -0.4 is 4.74 Å². The lowest BCUT2D eigenvalue weighted by Gasteiger charge is -2.35. The zero-order chi connectivity index (χ0) is 13.7. The maximum absolute atomic E-state index is 10.6.